The van der Waals surface area contributed by atoms with E-state index in [0.29, 0.717) is 13.2 Å². The van der Waals surface area contributed by atoms with E-state index in [1.165, 1.54) is 16.7 Å². The molecule has 2 aromatic carbocycles. The summed E-state index contributed by atoms with van der Waals surface area (Å²) in [4.78, 5) is 7.32. The maximum Gasteiger partial charge on any atom is 0.123 e. The predicted molar refractivity (Wildman–Crippen MR) is 121 cm³/mol. The Labute approximate surface area is 180 Å². The van der Waals surface area contributed by atoms with Crippen LogP contribution in [0.5, 0.6) is 5.75 Å². The smallest absolute Gasteiger partial charge is 0.123 e. The molecule has 0 radical (unpaired) electrons. The van der Waals surface area contributed by atoms with Crippen LogP contribution in [-0.4, -0.2) is 78.3 Å². The van der Waals surface area contributed by atoms with Crippen molar-refractivity contribution in [3.63, 3.8) is 0 Å². The summed E-state index contributed by atoms with van der Waals surface area (Å²) in [6.45, 7) is 11.6. The van der Waals surface area contributed by atoms with Crippen LogP contribution >= 0.6 is 0 Å². The number of para-hydroxylation sites is 1. The van der Waals surface area contributed by atoms with Crippen molar-refractivity contribution in [2.24, 2.45) is 0 Å². The van der Waals surface area contributed by atoms with E-state index in [1.807, 2.05) is 12.1 Å². The molecule has 2 aliphatic rings. The molecule has 0 saturated carbocycles. The first-order valence-electron chi connectivity index (χ1n) is 11.3. The molecule has 162 valence electrons. The minimum Gasteiger partial charge on any atom is -0.491 e. The van der Waals surface area contributed by atoms with Gasteiger partial charge in [0.1, 0.15) is 18.5 Å². The van der Waals surface area contributed by atoms with Gasteiger partial charge < -0.3 is 14.7 Å². The van der Waals surface area contributed by atoms with Crippen LogP contribution in [0.3, 0.4) is 0 Å². The quantitative estimate of drug-likeness (QED) is 0.726. The summed E-state index contributed by atoms with van der Waals surface area (Å²) >= 11 is 0. The molecule has 5 nitrogen and oxygen atoms in total. The zero-order valence-electron chi connectivity index (χ0n) is 18.2. The fourth-order valence-corrected chi connectivity index (χ4v) is 4.53. The number of aliphatic hydroxyl groups is 1. The van der Waals surface area contributed by atoms with Gasteiger partial charge in [0.2, 0.25) is 0 Å². The summed E-state index contributed by atoms with van der Waals surface area (Å²) in [5.74, 6) is 0.901. The second kappa shape index (κ2) is 10.4. The highest BCUT2D eigenvalue weighted by molar-refractivity contribution is 5.33. The fraction of sp³-hybridized carbons (Fsp3) is 0.520. The number of fused-ring (bicyclic) bond motifs is 1. The van der Waals surface area contributed by atoms with Gasteiger partial charge in [-0.2, -0.15) is 0 Å². The highest BCUT2D eigenvalue weighted by atomic mass is 16.5. The number of β-amino-alcohol motifs (C(OH)–C–C–N with tert-alkyl or cyclic N) is 1. The van der Waals surface area contributed by atoms with Gasteiger partial charge in [-0.3, -0.25) is 9.80 Å². The van der Waals surface area contributed by atoms with Gasteiger partial charge in [0.05, 0.1) is 0 Å². The molecule has 5 heteroatoms. The largest absolute Gasteiger partial charge is 0.491 e. The Bertz CT molecular complexity index is 804. The molecular weight excluding hydrogens is 374 g/mol. The Morgan fingerprint density at radius 1 is 0.867 bits per heavy atom. The second-order valence-corrected chi connectivity index (χ2v) is 8.54. The maximum atomic E-state index is 10.6. The van der Waals surface area contributed by atoms with Crippen molar-refractivity contribution in [1.29, 1.82) is 0 Å². The van der Waals surface area contributed by atoms with Gasteiger partial charge in [0, 0.05) is 57.9 Å². The SMILES string of the molecule is CCN1CCN(Cc2ccccc2OCC(O)CN2CCc3ccccc3C2)CC1. The highest BCUT2D eigenvalue weighted by Crippen LogP contribution is 2.22. The molecule has 1 fully saturated rings. The van der Waals surface area contributed by atoms with Crippen molar-refractivity contribution in [1.82, 2.24) is 14.7 Å². The van der Waals surface area contributed by atoms with Crippen molar-refractivity contribution < 1.29 is 9.84 Å². The van der Waals surface area contributed by atoms with E-state index in [-0.39, 0.29) is 0 Å². The third-order valence-electron chi connectivity index (χ3n) is 6.39. The number of benzene rings is 2. The van der Waals surface area contributed by atoms with E-state index < -0.39 is 6.10 Å². The Kier molecular flexibility index (Phi) is 7.39. The average Bonchev–Trinajstić information content (AvgIpc) is 2.79. The van der Waals surface area contributed by atoms with Crippen LogP contribution in [-0.2, 0) is 19.5 Å². The maximum absolute atomic E-state index is 10.6. The molecule has 0 aromatic heterocycles. The normalized spacial score (nSPS) is 19.4. The summed E-state index contributed by atoms with van der Waals surface area (Å²) in [5, 5.41) is 10.6. The molecule has 1 saturated heterocycles. The summed E-state index contributed by atoms with van der Waals surface area (Å²) in [6.07, 6.45) is 0.564. The molecule has 0 amide bonds. The Morgan fingerprint density at radius 2 is 1.57 bits per heavy atom. The van der Waals surface area contributed by atoms with Gasteiger partial charge in [-0.05, 0) is 30.2 Å². The molecule has 1 unspecified atom stereocenters. The summed E-state index contributed by atoms with van der Waals surface area (Å²) in [5.41, 5.74) is 4.03. The van der Waals surface area contributed by atoms with Crippen molar-refractivity contribution in [3.8, 4) is 5.75 Å². The van der Waals surface area contributed by atoms with Crippen molar-refractivity contribution in [2.45, 2.75) is 32.5 Å². The number of rotatable bonds is 8. The first-order valence-corrected chi connectivity index (χ1v) is 11.3. The molecular formula is C25H35N3O2. The zero-order valence-corrected chi connectivity index (χ0v) is 18.2. The lowest BCUT2D eigenvalue weighted by Gasteiger charge is -2.34. The van der Waals surface area contributed by atoms with Gasteiger partial charge in [0.25, 0.3) is 0 Å². The number of nitrogens with zero attached hydrogens (tertiary/aromatic N) is 3. The van der Waals surface area contributed by atoms with Gasteiger partial charge in [-0.1, -0.05) is 49.4 Å². The molecule has 0 spiro atoms. The third kappa shape index (κ3) is 5.61. The number of aliphatic hydroxyl groups excluding tert-OH is 1. The van der Waals surface area contributed by atoms with Crippen molar-refractivity contribution in [2.75, 3.05) is 52.4 Å². The van der Waals surface area contributed by atoms with E-state index in [2.05, 4.69) is 58.0 Å². The first kappa shape index (κ1) is 21.3. The molecule has 4 rings (SSSR count). The molecule has 2 aliphatic heterocycles. The van der Waals surface area contributed by atoms with Gasteiger partial charge in [0.15, 0.2) is 0 Å². The fourth-order valence-electron chi connectivity index (χ4n) is 4.53. The summed E-state index contributed by atoms with van der Waals surface area (Å²) < 4.78 is 6.08. The van der Waals surface area contributed by atoms with Crippen LogP contribution in [0.2, 0.25) is 0 Å². The number of piperazine rings is 1. The number of ether oxygens (including phenoxy) is 1. The molecule has 0 aliphatic carbocycles. The van der Waals surface area contributed by atoms with Gasteiger partial charge in [-0.25, -0.2) is 0 Å². The van der Waals surface area contributed by atoms with Crippen LogP contribution < -0.4 is 4.74 Å². The van der Waals surface area contributed by atoms with E-state index >= 15 is 0 Å². The van der Waals surface area contributed by atoms with Crippen LogP contribution in [0, 0.1) is 0 Å². The van der Waals surface area contributed by atoms with Crippen LogP contribution in [0.15, 0.2) is 48.5 Å². The number of hydrogen-bond acceptors (Lipinski definition) is 5. The number of hydrogen-bond donors (Lipinski definition) is 1. The van der Waals surface area contributed by atoms with Crippen molar-refractivity contribution >= 4 is 0 Å². The Balaban J connectivity index is 1.27. The summed E-state index contributed by atoms with van der Waals surface area (Å²) in [7, 11) is 0. The molecule has 2 aromatic rings. The van der Waals surface area contributed by atoms with Crippen LogP contribution in [0.1, 0.15) is 23.6 Å². The summed E-state index contributed by atoms with van der Waals surface area (Å²) in [6, 6.07) is 16.9. The lowest BCUT2D eigenvalue weighted by molar-refractivity contribution is 0.0628. The lowest BCUT2D eigenvalue weighted by atomic mass is 10.00. The van der Waals surface area contributed by atoms with Crippen molar-refractivity contribution in [3.05, 3.63) is 65.2 Å². The van der Waals surface area contributed by atoms with E-state index in [0.717, 1.165) is 64.5 Å². The van der Waals surface area contributed by atoms with Gasteiger partial charge in [-0.15, -0.1) is 0 Å². The topological polar surface area (TPSA) is 39.2 Å². The highest BCUT2D eigenvalue weighted by Gasteiger charge is 2.20. The average molecular weight is 410 g/mol. The van der Waals surface area contributed by atoms with E-state index in [4.69, 9.17) is 4.74 Å². The third-order valence-corrected chi connectivity index (χ3v) is 6.39. The minimum absolute atomic E-state index is 0.332. The van der Waals surface area contributed by atoms with Crippen LogP contribution in [0.25, 0.3) is 0 Å². The number of likely N-dealkylation sites (N-methyl/N-ethyl adjacent to an activating group) is 1. The molecule has 2 heterocycles. The Hall–Kier alpha value is -1.92. The van der Waals surface area contributed by atoms with E-state index in [1.54, 1.807) is 0 Å². The zero-order chi connectivity index (χ0) is 20.8. The second-order valence-electron chi connectivity index (χ2n) is 8.54. The molecule has 30 heavy (non-hydrogen) atoms. The minimum atomic E-state index is -0.489. The van der Waals surface area contributed by atoms with Crippen LogP contribution in [0.4, 0.5) is 0 Å². The molecule has 1 atom stereocenters. The molecule has 0 bridgehead atoms. The standard InChI is InChI=1S/C25H35N3O2/c1-2-26-13-15-27(16-14-26)18-23-9-5-6-10-25(23)30-20-24(29)19-28-12-11-21-7-3-4-8-22(21)17-28/h3-10,24,29H,2,11-20H2,1H3. The monoisotopic (exact) mass is 409 g/mol. The molecule has 1 N–H and O–H groups in total. The first-order chi connectivity index (χ1) is 14.7. The van der Waals surface area contributed by atoms with E-state index in [9.17, 15) is 5.11 Å². The Morgan fingerprint density at radius 3 is 2.37 bits per heavy atom. The van der Waals surface area contributed by atoms with Gasteiger partial charge >= 0.3 is 0 Å². The lowest BCUT2D eigenvalue weighted by Crippen LogP contribution is -2.45. The predicted octanol–water partition coefficient (Wildman–Crippen LogP) is 2.62.